The van der Waals surface area contributed by atoms with Crippen LogP contribution >= 0.6 is 0 Å². The molecule has 2 saturated carbocycles. The van der Waals surface area contributed by atoms with Gasteiger partial charge in [0.1, 0.15) is 0 Å². The molecule has 3 nitrogen and oxygen atoms in total. The van der Waals surface area contributed by atoms with Gasteiger partial charge in [-0.25, -0.2) is 0 Å². The van der Waals surface area contributed by atoms with Gasteiger partial charge in [-0.2, -0.15) is 0 Å². The molecule has 0 heterocycles. The summed E-state index contributed by atoms with van der Waals surface area (Å²) in [7, 11) is 1.71. The lowest BCUT2D eigenvalue weighted by Crippen LogP contribution is -2.33. The first-order chi connectivity index (χ1) is 9.17. The van der Waals surface area contributed by atoms with Gasteiger partial charge in [0, 0.05) is 17.0 Å². The predicted octanol–water partition coefficient (Wildman–Crippen LogP) is 3.01. The fourth-order valence-corrected chi connectivity index (χ4v) is 2.95. The van der Waals surface area contributed by atoms with Crippen LogP contribution in [0.1, 0.15) is 44.6 Å². The largest absolute Gasteiger partial charge is 0.493 e. The van der Waals surface area contributed by atoms with Gasteiger partial charge in [-0.3, -0.25) is 0 Å². The fourth-order valence-electron chi connectivity index (χ4n) is 2.95. The van der Waals surface area contributed by atoms with Crippen molar-refractivity contribution in [2.45, 2.75) is 56.6 Å². The normalized spacial score (nSPS) is 22.5. The van der Waals surface area contributed by atoms with Crippen molar-refractivity contribution in [1.29, 1.82) is 0 Å². The van der Waals surface area contributed by atoms with Gasteiger partial charge >= 0.3 is 0 Å². The Balaban J connectivity index is 1.98. The van der Waals surface area contributed by atoms with Crippen molar-refractivity contribution in [3.8, 4) is 11.5 Å². The average molecular weight is 261 g/mol. The summed E-state index contributed by atoms with van der Waals surface area (Å²) in [5.41, 5.74) is 7.56. The van der Waals surface area contributed by atoms with Crippen molar-refractivity contribution >= 4 is 0 Å². The third-order valence-corrected chi connectivity index (χ3v) is 4.73. The quantitative estimate of drug-likeness (QED) is 0.886. The molecule has 0 aromatic heterocycles. The van der Waals surface area contributed by atoms with Crippen molar-refractivity contribution in [3.05, 3.63) is 23.8 Å². The molecule has 2 aliphatic carbocycles. The summed E-state index contributed by atoms with van der Waals surface area (Å²) in [6, 6.07) is 6.34. The van der Waals surface area contributed by atoms with Crippen molar-refractivity contribution in [2.75, 3.05) is 7.11 Å². The van der Waals surface area contributed by atoms with E-state index < -0.39 is 0 Å². The second kappa shape index (κ2) is 4.71. The van der Waals surface area contributed by atoms with E-state index >= 15 is 0 Å². The third-order valence-electron chi connectivity index (χ3n) is 4.73. The van der Waals surface area contributed by atoms with E-state index in [9.17, 15) is 0 Å². The first kappa shape index (κ1) is 12.8. The molecule has 1 aromatic rings. The molecule has 0 spiro atoms. The number of rotatable bonds is 5. The second-order valence-electron chi connectivity index (χ2n) is 5.95. The number of benzene rings is 1. The Morgan fingerprint density at radius 3 is 2.53 bits per heavy atom. The van der Waals surface area contributed by atoms with Crippen LogP contribution in [0.15, 0.2) is 18.2 Å². The average Bonchev–Trinajstić information content (AvgIpc) is 3.14. The highest BCUT2D eigenvalue weighted by Crippen LogP contribution is 2.55. The molecule has 3 heteroatoms. The van der Waals surface area contributed by atoms with E-state index in [-0.39, 0.29) is 11.5 Å². The molecule has 104 valence electrons. The lowest BCUT2D eigenvalue weighted by Gasteiger charge is -2.31. The smallest absolute Gasteiger partial charge is 0.165 e. The van der Waals surface area contributed by atoms with Crippen LogP contribution in [0.5, 0.6) is 11.5 Å². The minimum absolute atomic E-state index is 0.105. The number of para-hydroxylation sites is 1. The molecule has 1 atom stereocenters. The topological polar surface area (TPSA) is 44.5 Å². The first-order valence-corrected chi connectivity index (χ1v) is 7.27. The Morgan fingerprint density at radius 1 is 1.32 bits per heavy atom. The molecule has 1 unspecified atom stereocenters. The van der Waals surface area contributed by atoms with E-state index in [1.54, 1.807) is 7.11 Å². The minimum Gasteiger partial charge on any atom is -0.493 e. The standard InChI is InChI=1S/C16H23NO2/c1-11(17)16(9-10-16)13-7-4-8-14(18-2)15(13)19-12-5-3-6-12/h4,7-8,11-12H,3,5-6,9-10,17H2,1-2H3. The Kier molecular flexibility index (Phi) is 3.17. The van der Waals surface area contributed by atoms with E-state index in [0.717, 1.165) is 37.2 Å². The van der Waals surface area contributed by atoms with Crippen LogP contribution in [-0.2, 0) is 5.41 Å². The van der Waals surface area contributed by atoms with Gasteiger partial charge in [-0.1, -0.05) is 12.1 Å². The lowest BCUT2D eigenvalue weighted by molar-refractivity contribution is 0.113. The Hall–Kier alpha value is -1.22. The highest BCUT2D eigenvalue weighted by Gasteiger charge is 2.49. The number of nitrogens with two attached hydrogens (primary N) is 1. The Bertz CT molecular complexity index is 462. The molecule has 2 aliphatic rings. The maximum absolute atomic E-state index is 6.21. The summed E-state index contributed by atoms with van der Waals surface area (Å²) in [5, 5.41) is 0. The summed E-state index contributed by atoms with van der Waals surface area (Å²) in [5.74, 6) is 1.78. The van der Waals surface area contributed by atoms with Gasteiger partial charge < -0.3 is 15.2 Å². The first-order valence-electron chi connectivity index (χ1n) is 7.27. The summed E-state index contributed by atoms with van der Waals surface area (Å²) in [6.45, 7) is 2.10. The Labute approximate surface area is 115 Å². The van der Waals surface area contributed by atoms with E-state index in [0.29, 0.717) is 6.10 Å². The molecule has 19 heavy (non-hydrogen) atoms. The second-order valence-corrected chi connectivity index (χ2v) is 5.95. The molecule has 0 aliphatic heterocycles. The van der Waals surface area contributed by atoms with Crippen LogP contribution in [0.25, 0.3) is 0 Å². The molecule has 0 amide bonds. The zero-order valence-corrected chi connectivity index (χ0v) is 11.8. The maximum atomic E-state index is 6.21. The number of hydrogen-bond acceptors (Lipinski definition) is 3. The summed E-state index contributed by atoms with van der Waals surface area (Å²) >= 11 is 0. The van der Waals surface area contributed by atoms with Crippen molar-refractivity contribution in [3.63, 3.8) is 0 Å². The monoisotopic (exact) mass is 261 g/mol. The Morgan fingerprint density at radius 2 is 2.05 bits per heavy atom. The predicted molar refractivity (Wildman–Crippen MR) is 75.8 cm³/mol. The SMILES string of the molecule is COc1cccc(C2(C(C)N)CC2)c1OC1CCC1. The third kappa shape index (κ3) is 2.10. The van der Waals surface area contributed by atoms with Crippen molar-refractivity contribution < 1.29 is 9.47 Å². The van der Waals surface area contributed by atoms with Gasteiger partial charge in [-0.15, -0.1) is 0 Å². The van der Waals surface area contributed by atoms with Crippen LogP contribution in [0.4, 0.5) is 0 Å². The van der Waals surface area contributed by atoms with E-state index in [1.807, 2.05) is 12.1 Å². The molecule has 3 rings (SSSR count). The lowest BCUT2D eigenvalue weighted by atomic mass is 9.88. The molecule has 2 fully saturated rings. The molecule has 1 aromatic carbocycles. The molecular weight excluding hydrogens is 238 g/mol. The van der Waals surface area contributed by atoms with E-state index in [2.05, 4.69) is 13.0 Å². The van der Waals surface area contributed by atoms with Crippen LogP contribution in [0.3, 0.4) is 0 Å². The van der Waals surface area contributed by atoms with Crippen LogP contribution in [0.2, 0.25) is 0 Å². The van der Waals surface area contributed by atoms with E-state index in [4.69, 9.17) is 15.2 Å². The van der Waals surface area contributed by atoms with Crippen LogP contribution < -0.4 is 15.2 Å². The minimum atomic E-state index is 0.105. The summed E-state index contributed by atoms with van der Waals surface area (Å²) < 4.78 is 11.7. The zero-order valence-electron chi connectivity index (χ0n) is 11.8. The summed E-state index contributed by atoms with van der Waals surface area (Å²) in [6.07, 6.45) is 6.25. The van der Waals surface area contributed by atoms with Crippen LogP contribution in [-0.4, -0.2) is 19.3 Å². The molecular formula is C16H23NO2. The molecule has 0 radical (unpaired) electrons. The number of ether oxygens (including phenoxy) is 2. The van der Waals surface area contributed by atoms with E-state index in [1.165, 1.54) is 12.0 Å². The van der Waals surface area contributed by atoms with Gasteiger partial charge in [0.05, 0.1) is 13.2 Å². The van der Waals surface area contributed by atoms with Gasteiger partial charge in [0.25, 0.3) is 0 Å². The zero-order chi connectivity index (χ0) is 13.5. The highest BCUT2D eigenvalue weighted by atomic mass is 16.5. The molecule has 2 N–H and O–H groups in total. The fraction of sp³-hybridized carbons (Fsp3) is 0.625. The molecule has 0 bridgehead atoms. The van der Waals surface area contributed by atoms with Gasteiger partial charge in [-0.05, 0) is 45.1 Å². The van der Waals surface area contributed by atoms with Crippen LogP contribution in [0, 0.1) is 0 Å². The summed E-state index contributed by atoms with van der Waals surface area (Å²) in [4.78, 5) is 0. The molecule has 0 saturated heterocycles. The van der Waals surface area contributed by atoms with Gasteiger partial charge in [0.2, 0.25) is 0 Å². The number of methoxy groups -OCH3 is 1. The highest BCUT2D eigenvalue weighted by molar-refractivity contribution is 5.53. The van der Waals surface area contributed by atoms with Crippen molar-refractivity contribution in [1.82, 2.24) is 0 Å². The van der Waals surface area contributed by atoms with Crippen molar-refractivity contribution in [2.24, 2.45) is 5.73 Å². The van der Waals surface area contributed by atoms with Gasteiger partial charge in [0.15, 0.2) is 11.5 Å². The number of hydrogen-bond donors (Lipinski definition) is 1. The maximum Gasteiger partial charge on any atom is 0.165 e.